The van der Waals surface area contributed by atoms with Crippen molar-refractivity contribution < 1.29 is 9.18 Å². The Morgan fingerprint density at radius 1 is 1.13 bits per heavy atom. The number of aromatic nitrogens is 5. The third-order valence-corrected chi connectivity index (χ3v) is 6.15. The number of carbonyl (C=O) groups is 1. The third-order valence-electron chi connectivity index (χ3n) is 4.19. The van der Waals surface area contributed by atoms with E-state index in [0.717, 1.165) is 12.0 Å². The van der Waals surface area contributed by atoms with Gasteiger partial charge in [0, 0.05) is 11.3 Å². The number of benzene rings is 2. The van der Waals surface area contributed by atoms with Crippen LogP contribution in [0.5, 0.6) is 0 Å². The van der Waals surface area contributed by atoms with Gasteiger partial charge in [-0.2, -0.15) is 0 Å². The number of carbonyl (C=O) groups excluding carboxylic acids is 1. The summed E-state index contributed by atoms with van der Waals surface area (Å²) < 4.78 is 13.0. The minimum absolute atomic E-state index is 0.238. The number of anilines is 1. The molecule has 4 rings (SSSR count). The van der Waals surface area contributed by atoms with E-state index >= 15 is 0 Å². The van der Waals surface area contributed by atoms with Crippen LogP contribution in [0, 0.1) is 5.82 Å². The Balaban J connectivity index is 1.34. The van der Waals surface area contributed by atoms with Crippen LogP contribution in [0.25, 0.3) is 11.4 Å². The van der Waals surface area contributed by atoms with Gasteiger partial charge in [-0.1, -0.05) is 54.3 Å². The first-order valence-electron chi connectivity index (χ1n) is 9.14. The van der Waals surface area contributed by atoms with E-state index in [2.05, 4.69) is 49.8 Å². The fourth-order valence-corrected chi connectivity index (χ4v) is 4.11. The van der Waals surface area contributed by atoms with Gasteiger partial charge in [-0.05, 0) is 36.2 Å². The summed E-state index contributed by atoms with van der Waals surface area (Å²) in [6.45, 7) is 2.11. The Morgan fingerprint density at radius 2 is 1.90 bits per heavy atom. The minimum atomic E-state index is -0.383. The molecule has 30 heavy (non-hydrogen) atoms. The van der Waals surface area contributed by atoms with E-state index in [0.29, 0.717) is 27.4 Å². The third kappa shape index (κ3) is 4.89. The Kier molecular flexibility index (Phi) is 6.15. The Hall–Kier alpha value is -3.11. The molecule has 2 aromatic heterocycles. The maximum atomic E-state index is 13.0. The minimum Gasteiger partial charge on any atom is -0.320 e. The molecule has 4 aromatic rings. The fourth-order valence-electron chi connectivity index (χ4n) is 2.59. The molecule has 0 fully saturated rings. The fraction of sp³-hybridized carbons (Fsp3) is 0.150. The average Bonchev–Trinajstić information content (AvgIpc) is 3.44. The summed E-state index contributed by atoms with van der Waals surface area (Å²) in [5, 5.41) is 19.3. The van der Waals surface area contributed by atoms with Gasteiger partial charge in [-0.15, -0.1) is 15.3 Å². The smallest absolute Gasteiger partial charge is 0.286 e. The molecule has 2 heterocycles. The molecule has 0 aliphatic rings. The number of aryl methyl sites for hydroxylation is 1. The van der Waals surface area contributed by atoms with Gasteiger partial charge in [-0.25, -0.2) is 9.37 Å². The van der Waals surface area contributed by atoms with Crippen molar-refractivity contribution in [3.05, 3.63) is 69.9 Å². The van der Waals surface area contributed by atoms with Gasteiger partial charge in [0.15, 0.2) is 5.82 Å². The van der Waals surface area contributed by atoms with E-state index in [1.807, 2.05) is 12.1 Å². The van der Waals surface area contributed by atoms with Gasteiger partial charge in [0.2, 0.25) is 10.2 Å². The van der Waals surface area contributed by atoms with E-state index in [-0.39, 0.29) is 16.7 Å². The van der Waals surface area contributed by atoms with Crippen LogP contribution in [0.4, 0.5) is 10.1 Å². The van der Waals surface area contributed by atoms with Gasteiger partial charge in [0.05, 0.1) is 5.75 Å². The van der Waals surface area contributed by atoms with E-state index in [4.69, 9.17) is 0 Å². The summed E-state index contributed by atoms with van der Waals surface area (Å²) in [6.07, 6.45) is 0.990. The highest BCUT2D eigenvalue weighted by Crippen LogP contribution is 2.24. The molecule has 0 unspecified atom stereocenters. The number of amides is 1. The second kappa shape index (κ2) is 9.14. The first kappa shape index (κ1) is 20.2. The van der Waals surface area contributed by atoms with Crippen LogP contribution in [-0.2, 0) is 12.2 Å². The number of hydrogen-bond donors (Lipinski definition) is 2. The molecule has 0 spiro atoms. The number of aromatic amines is 1. The molecule has 2 aromatic carbocycles. The summed E-state index contributed by atoms with van der Waals surface area (Å²) in [4.78, 5) is 16.8. The molecule has 0 atom stereocenters. The van der Waals surface area contributed by atoms with Gasteiger partial charge in [-0.3, -0.25) is 9.89 Å². The number of halogens is 1. The normalized spacial score (nSPS) is 10.9. The van der Waals surface area contributed by atoms with Crippen LogP contribution >= 0.6 is 23.1 Å². The zero-order valence-corrected chi connectivity index (χ0v) is 17.6. The summed E-state index contributed by atoms with van der Waals surface area (Å²) in [6, 6.07) is 13.7. The highest BCUT2D eigenvalue weighted by Gasteiger charge is 2.14. The molecule has 10 heteroatoms. The second-order valence-electron chi connectivity index (χ2n) is 6.27. The lowest BCUT2D eigenvalue weighted by Gasteiger charge is -2.01. The van der Waals surface area contributed by atoms with E-state index in [1.165, 1.54) is 52.9 Å². The van der Waals surface area contributed by atoms with Gasteiger partial charge in [0.25, 0.3) is 5.91 Å². The van der Waals surface area contributed by atoms with E-state index in [9.17, 15) is 9.18 Å². The molecule has 152 valence electrons. The number of rotatable bonds is 7. The SMILES string of the molecule is CCc1ccc(-c2nc(SCc3nnc(C(=O)Nc4ccc(F)cc4)s3)n[nH]2)cc1. The Labute approximate surface area is 180 Å². The summed E-state index contributed by atoms with van der Waals surface area (Å²) in [5.41, 5.74) is 2.73. The van der Waals surface area contributed by atoms with Crippen molar-refractivity contribution in [3.63, 3.8) is 0 Å². The molecular weight excluding hydrogens is 423 g/mol. The van der Waals surface area contributed by atoms with Crippen molar-refractivity contribution in [1.29, 1.82) is 0 Å². The number of H-pyrrole nitrogens is 1. The molecule has 0 radical (unpaired) electrons. The molecular formula is C20H17FN6OS2. The van der Waals surface area contributed by atoms with Crippen molar-refractivity contribution in [3.8, 4) is 11.4 Å². The lowest BCUT2D eigenvalue weighted by Crippen LogP contribution is -2.11. The van der Waals surface area contributed by atoms with Crippen LogP contribution in [0.2, 0.25) is 0 Å². The van der Waals surface area contributed by atoms with Crippen LogP contribution in [0.1, 0.15) is 27.3 Å². The second-order valence-corrected chi connectivity index (χ2v) is 8.27. The maximum Gasteiger partial charge on any atom is 0.286 e. The Morgan fingerprint density at radius 3 is 2.63 bits per heavy atom. The Bertz CT molecular complexity index is 1140. The zero-order chi connectivity index (χ0) is 20.9. The van der Waals surface area contributed by atoms with Crippen LogP contribution in [0.3, 0.4) is 0 Å². The van der Waals surface area contributed by atoms with Gasteiger partial charge >= 0.3 is 0 Å². The molecule has 0 saturated heterocycles. The van der Waals surface area contributed by atoms with Crippen molar-refractivity contribution in [1.82, 2.24) is 25.4 Å². The number of hydrogen-bond acceptors (Lipinski definition) is 7. The lowest BCUT2D eigenvalue weighted by molar-refractivity contribution is 0.102. The molecule has 0 bridgehead atoms. The standard InChI is InChI=1S/C20H17FN6OS2/c1-2-12-3-5-13(6-4-12)17-23-20(27-25-17)29-11-16-24-26-19(30-16)18(28)22-15-9-7-14(21)8-10-15/h3-10H,2,11H2,1H3,(H,22,28)(H,23,25,27). The van der Waals surface area contributed by atoms with Crippen LogP contribution in [0.15, 0.2) is 53.7 Å². The van der Waals surface area contributed by atoms with Crippen LogP contribution < -0.4 is 5.32 Å². The van der Waals surface area contributed by atoms with Gasteiger partial charge in [0.1, 0.15) is 10.8 Å². The quantitative estimate of drug-likeness (QED) is 0.409. The molecule has 2 N–H and O–H groups in total. The first-order valence-corrected chi connectivity index (χ1v) is 10.9. The molecule has 7 nitrogen and oxygen atoms in total. The number of nitrogens with zero attached hydrogens (tertiary/aromatic N) is 4. The predicted molar refractivity (Wildman–Crippen MR) is 115 cm³/mol. The van der Waals surface area contributed by atoms with Crippen LogP contribution in [-0.4, -0.2) is 31.3 Å². The average molecular weight is 441 g/mol. The monoisotopic (exact) mass is 440 g/mol. The van der Waals surface area contributed by atoms with Crippen molar-refractivity contribution in [2.24, 2.45) is 0 Å². The molecule has 1 amide bonds. The van der Waals surface area contributed by atoms with Crippen molar-refractivity contribution in [2.45, 2.75) is 24.3 Å². The largest absolute Gasteiger partial charge is 0.320 e. The van der Waals surface area contributed by atoms with Gasteiger partial charge < -0.3 is 5.32 Å². The zero-order valence-electron chi connectivity index (χ0n) is 15.9. The molecule has 0 saturated carbocycles. The van der Waals surface area contributed by atoms with Crippen molar-refractivity contribution >= 4 is 34.7 Å². The summed E-state index contributed by atoms with van der Waals surface area (Å²) >= 11 is 2.60. The first-order chi connectivity index (χ1) is 14.6. The highest BCUT2D eigenvalue weighted by atomic mass is 32.2. The van der Waals surface area contributed by atoms with E-state index in [1.54, 1.807) is 0 Å². The lowest BCUT2D eigenvalue weighted by atomic mass is 10.1. The number of nitrogens with one attached hydrogen (secondary N) is 2. The summed E-state index contributed by atoms with van der Waals surface area (Å²) in [7, 11) is 0. The summed E-state index contributed by atoms with van der Waals surface area (Å²) in [5.74, 6) is 0.451. The van der Waals surface area contributed by atoms with E-state index < -0.39 is 0 Å². The molecule has 0 aliphatic heterocycles. The number of thioether (sulfide) groups is 1. The topological polar surface area (TPSA) is 96.4 Å². The van der Waals surface area contributed by atoms with Crippen molar-refractivity contribution in [2.75, 3.05) is 5.32 Å². The highest BCUT2D eigenvalue weighted by molar-refractivity contribution is 7.98. The predicted octanol–water partition coefficient (Wildman–Crippen LogP) is 4.57. The maximum absolute atomic E-state index is 13.0. The molecule has 0 aliphatic carbocycles.